The number of hydrogen-bond acceptors (Lipinski definition) is 5. The van der Waals surface area contributed by atoms with Gasteiger partial charge in [-0.15, -0.1) is 0 Å². The van der Waals surface area contributed by atoms with Gasteiger partial charge in [0.1, 0.15) is 0 Å². The summed E-state index contributed by atoms with van der Waals surface area (Å²) in [6.07, 6.45) is 0.406. The minimum atomic E-state index is -0.00170. The zero-order chi connectivity index (χ0) is 12.3. The number of ether oxygens (including phenoxy) is 3. The molecule has 0 saturated carbocycles. The molecular formula is C11H22N2O4. The molecule has 17 heavy (non-hydrogen) atoms. The maximum Gasteiger partial charge on any atom is 0.222 e. The number of amides is 1. The first-order valence-electron chi connectivity index (χ1n) is 5.98. The van der Waals surface area contributed by atoms with E-state index in [1.165, 1.54) is 0 Å². The standard InChI is InChI=1S/C11H22N2O4/c1-15-6-7-16-4-3-13-11(14)8-10-9-12-2-5-17-10/h10,12H,2-9H2,1H3,(H,13,14). The summed E-state index contributed by atoms with van der Waals surface area (Å²) in [4.78, 5) is 11.5. The third-order valence-corrected chi connectivity index (χ3v) is 2.42. The van der Waals surface area contributed by atoms with Crippen LogP contribution in [0.3, 0.4) is 0 Å². The number of nitrogens with one attached hydrogen (secondary N) is 2. The first kappa shape index (κ1) is 14.4. The van der Waals surface area contributed by atoms with Crippen molar-refractivity contribution in [1.82, 2.24) is 10.6 Å². The van der Waals surface area contributed by atoms with Crippen molar-refractivity contribution >= 4 is 5.91 Å². The quantitative estimate of drug-likeness (QED) is 0.546. The van der Waals surface area contributed by atoms with Crippen LogP contribution in [-0.2, 0) is 19.0 Å². The molecule has 2 N–H and O–H groups in total. The first-order chi connectivity index (χ1) is 8.33. The van der Waals surface area contributed by atoms with E-state index >= 15 is 0 Å². The van der Waals surface area contributed by atoms with Crippen LogP contribution in [0, 0.1) is 0 Å². The molecule has 0 aromatic carbocycles. The van der Waals surface area contributed by atoms with Gasteiger partial charge in [-0.1, -0.05) is 0 Å². The van der Waals surface area contributed by atoms with Crippen molar-refractivity contribution in [2.75, 3.05) is 53.2 Å². The molecule has 1 amide bonds. The Morgan fingerprint density at radius 2 is 2.35 bits per heavy atom. The number of morpholine rings is 1. The summed E-state index contributed by atoms with van der Waals surface area (Å²) in [5.74, 6) is 0.00837. The molecule has 0 radical (unpaired) electrons. The van der Waals surface area contributed by atoms with E-state index < -0.39 is 0 Å². The van der Waals surface area contributed by atoms with Crippen molar-refractivity contribution in [3.05, 3.63) is 0 Å². The first-order valence-corrected chi connectivity index (χ1v) is 5.98. The molecule has 1 rings (SSSR count). The number of rotatable bonds is 8. The van der Waals surface area contributed by atoms with Gasteiger partial charge in [-0.3, -0.25) is 4.79 Å². The Hall–Kier alpha value is -0.690. The van der Waals surface area contributed by atoms with E-state index in [1.54, 1.807) is 7.11 Å². The average Bonchev–Trinajstić information content (AvgIpc) is 2.35. The van der Waals surface area contributed by atoms with Crippen LogP contribution >= 0.6 is 0 Å². The Labute approximate surface area is 102 Å². The van der Waals surface area contributed by atoms with E-state index in [9.17, 15) is 4.79 Å². The Balaban J connectivity index is 1.93. The van der Waals surface area contributed by atoms with Crippen LogP contribution in [0.25, 0.3) is 0 Å². The number of carbonyl (C=O) groups excluding carboxylic acids is 1. The normalized spacial score (nSPS) is 20.2. The summed E-state index contributed by atoms with van der Waals surface area (Å²) < 4.78 is 15.5. The molecule has 1 fully saturated rings. The molecule has 0 spiro atoms. The molecule has 0 aliphatic carbocycles. The van der Waals surface area contributed by atoms with E-state index in [0.29, 0.717) is 39.4 Å². The fourth-order valence-electron chi connectivity index (χ4n) is 1.54. The molecule has 1 aliphatic heterocycles. The van der Waals surface area contributed by atoms with Gasteiger partial charge in [0.2, 0.25) is 5.91 Å². The maximum atomic E-state index is 11.5. The maximum absolute atomic E-state index is 11.5. The summed E-state index contributed by atoms with van der Waals surface area (Å²) in [6.45, 7) is 4.47. The highest BCUT2D eigenvalue weighted by Crippen LogP contribution is 2.00. The zero-order valence-corrected chi connectivity index (χ0v) is 10.4. The third kappa shape index (κ3) is 7.27. The van der Waals surface area contributed by atoms with Crippen LogP contribution in [0.4, 0.5) is 0 Å². The fraction of sp³-hybridized carbons (Fsp3) is 0.909. The lowest BCUT2D eigenvalue weighted by Gasteiger charge is -2.23. The van der Waals surface area contributed by atoms with Crippen molar-refractivity contribution in [1.29, 1.82) is 0 Å². The van der Waals surface area contributed by atoms with Crippen LogP contribution in [0.1, 0.15) is 6.42 Å². The van der Waals surface area contributed by atoms with E-state index in [-0.39, 0.29) is 12.0 Å². The minimum absolute atomic E-state index is 0.00170. The predicted octanol–water partition coefficient (Wildman–Crippen LogP) is -0.856. The monoisotopic (exact) mass is 246 g/mol. The smallest absolute Gasteiger partial charge is 0.222 e. The highest BCUT2D eigenvalue weighted by molar-refractivity contribution is 5.76. The Morgan fingerprint density at radius 1 is 1.47 bits per heavy atom. The lowest BCUT2D eigenvalue weighted by atomic mass is 10.2. The summed E-state index contributed by atoms with van der Waals surface area (Å²) >= 11 is 0. The highest BCUT2D eigenvalue weighted by atomic mass is 16.5. The van der Waals surface area contributed by atoms with Crippen LogP contribution < -0.4 is 10.6 Å². The van der Waals surface area contributed by atoms with Gasteiger partial charge < -0.3 is 24.8 Å². The SMILES string of the molecule is COCCOCCNC(=O)CC1CNCCO1. The molecule has 0 aromatic rings. The van der Waals surface area contributed by atoms with Gasteiger partial charge >= 0.3 is 0 Å². The molecule has 1 heterocycles. The molecule has 1 atom stereocenters. The minimum Gasteiger partial charge on any atom is -0.382 e. The van der Waals surface area contributed by atoms with E-state index in [2.05, 4.69) is 10.6 Å². The molecule has 1 unspecified atom stereocenters. The third-order valence-electron chi connectivity index (χ3n) is 2.42. The van der Waals surface area contributed by atoms with Crippen molar-refractivity contribution in [3.63, 3.8) is 0 Å². The Bertz CT molecular complexity index is 208. The van der Waals surface area contributed by atoms with Gasteiger partial charge in [-0.25, -0.2) is 0 Å². The van der Waals surface area contributed by atoms with Crippen LogP contribution in [0.5, 0.6) is 0 Å². The summed E-state index contributed by atoms with van der Waals surface area (Å²) in [7, 11) is 1.63. The van der Waals surface area contributed by atoms with Crippen LogP contribution in [0.2, 0.25) is 0 Å². The predicted molar refractivity (Wildman–Crippen MR) is 62.9 cm³/mol. The number of methoxy groups -OCH3 is 1. The van der Waals surface area contributed by atoms with Gasteiger partial charge in [0.25, 0.3) is 0 Å². The van der Waals surface area contributed by atoms with Crippen LogP contribution in [0.15, 0.2) is 0 Å². The van der Waals surface area contributed by atoms with Gasteiger partial charge in [0.05, 0.1) is 39.0 Å². The molecule has 1 aliphatic rings. The van der Waals surface area contributed by atoms with Gasteiger partial charge in [-0.2, -0.15) is 0 Å². The molecule has 1 saturated heterocycles. The van der Waals surface area contributed by atoms with E-state index in [1.807, 2.05) is 0 Å². The number of hydrogen-bond donors (Lipinski definition) is 2. The van der Waals surface area contributed by atoms with Gasteiger partial charge in [0.15, 0.2) is 0 Å². The van der Waals surface area contributed by atoms with Crippen LogP contribution in [-0.4, -0.2) is 65.2 Å². The Morgan fingerprint density at radius 3 is 3.06 bits per heavy atom. The largest absolute Gasteiger partial charge is 0.382 e. The highest BCUT2D eigenvalue weighted by Gasteiger charge is 2.16. The summed E-state index contributed by atoms with van der Waals surface area (Å²) in [5.41, 5.74) is 0. The van der Waals surface area contributed by atoms with Gasteiger partial charge in [-0.05, 0) is 0 Å². The summed E-state index contributed by atoms with van der Waals surface area (Å²) in [6, 6.07) is 0. The second-order valence-electron chi connectivity index (χ2n) is 3.86. The topological polar surface area (TPSA) is 68.8 Å². The molecule has 6 heteroatoms. The average molecular weight is 246 g/mol. The van der Waals surface area contributed by atoms with E-state index in [4.69, 9.17) is 14.2 Å². The van der Waals surface area contributed by atoms with Crippen molar-refractivity contribution < 1.29 is 19.0 Å². The van der Waals surface area contributed by atoms with Crippen molar-refractivity contribution in [2.24, 2.45) is 0 Å². The zero-order valence-electron chi connectivity index (χ0n) is 10.4. The number of carbonyl (C=O) groups is 1. The lowest BCUT2D eigenvalue weighted by Crippen LogP contribution is -2.41. The molecule has 0 bridgehead atoms. The van der Waals surface area contributed by atoms with E-state index in [0.717, 1.165) is 13.1 Å². The van der Waals surface area contributed by atoms with Gasteiger partial charge in [0, 0.05) is 26.7 Å². The molecule has 6 nitrogen and oxygen atoms in total. The molecule has 100 valence electrons. The second kappa shape index (κ2) is 9.35. The molecule has 0 aromatic heterocycles. The summed E-state index contributed by atoms with van der Waals surface area (Å²) in [5, 5.41) is 5.98. The van der Waals surface area contributed by atoms with Crippen molar-refractivity contribution in [3.8, 4) is 0 Å². The fourth-order valence-corrected chi connectivity index (χ4v) is 1.54. The Kier molecular flexibility index (Phi) is 7.91. The second-order valence-corrected chi connectivity index (χ2v) is 3.86. The van der Waals surface area contributed by atoms with Crippen molar-refractivity contribution in [2.45, 2.75) is 12.5 Å². The molecular weight excluding hydrogens is 224 g/mol. The lowest BCUT2D eigenvalue weighted by molar-refractivity contribution is -0.124.